The summed E-state index contributed by atoms with van der Waals surface area (Å²) in [6.07, 6.45) is 0. The predicted molar refractivity (Wildman–Crippen MR) is 133 cm³/mol. The van der Waals surface area contributed by atoms with E-state index in [1.807, 2.05) is 6.92 Å². The van der Waals surface area contributed by atoms with Crippen LogP contribution >= 0.6 is 15.9 Å². The van der Waals surface area contributed by atoms with Gasteiger partial charge in [0, 0.05) is 31.2 Å². The zero-order valence-electron chi connectivity index (χ0n) is 19.1. The van der Waals surface area contributed by atoms with Gasteiger partial charge in [0.1, 0.15) is 17.2 Å². The Morgan fingerprint density at radius 3 is 2.58 bits per heavy atom. The maximum Gasteiger partial charge on any atom is 0.289 e. The van der Waals surface area contributed by atoms with Gasteiger partial charge in [-0.15, -0.1) is 0 Å². The van der Waals surface area contributed by atoms with Crippen molar-refractivity contribution in [2.45, 2.75) is 13.0 Å². The first-order chi connectivity index (χ1) is 17.2. The van der Waals surface area contributed by atoms with E-state index < -0.39 is 17.6 Å². The zero-order valence-corrected chi connectivity index (χ0v) is 20.7. The first-order valence-electron chi connectivity index (χ1n) is 11.2. The summed E-state index contributed by atoms with van der Waals surface area (Å²) >= 11 is 3.19. The molecule has 36 heavy (non-hydrogen) atoms. The number of carbonyl (C=O) groups is 3. The highest BCUT2D eigenvalue weighted by Crippen LogP contribution is 2.26. The Hall–Kier alpha value is -3.99. The second kappa shape index (κ2) is 9.23. The third kappa shape index (κ3) is 4.26. The van der Waals surface area contributed by atoms with E-state index in [2.05, 4.69) is 25.9 Å². The molecule has 3 heterocycles. The molecule has 184 valence electrons. The number of primary amides is 1. The molecular weight excluding hydrogens is 533 g/mol. The maximum absolute atomic E-state index is 15.1. The number of hydrogen-bond donors (Lipinski definition) is 2. The number of rotatable bonds is 4. The van der Waals surface area contributed by atoms with Gasteiger partial charge in [-0.3, -0.25) is 14.4 Å². The minimum Gasteiger partial charge on any atom is -0.444 e. The molecule has 0 aliphatic carbocycles. The van der Waals surface area contributed by atoms with E-state index in [4.69, 9.17) is 10.2 Å². The van der Waals surface area contributed by atoms with E-state index in [9.17, 15) is 14.4 Å². The van der Waals surface area contributed by atoms with Crippen molar-refractivity contribution >= 4 is 44.7 Å². The number of halogens is 2. The minimum atomic E-state index is -0.695. The van der Waals surface area contributed by atoms with E-state index in [1.165, 1.54) is 17.0 Å². The summed E-state index contributed by atoms with van der Waals surface area (Å²) in [5, 5.41) is 0. The van der Waals surface area contributed by atoms with E-state index in [0.717, 1.165) is 0 Å². The van der Waals surface area contributed by atoms with Gasteiger partial charge in [0.2, 0.25) is 0 Å². The van der Waals surface area contributed by atoms with Gasteiger partial charge in [0.15, 0.2) is 10.4 Å². The second-order valence-corrected chi connectivity index (χ2v) is 9.33. The number of aromatic amines is 1. The Morgan fingerprint density at radius 2 is 1.92 bits per heavy atom. The Balaban J connectivity index is 1.33. The lowest BCUT2D eigenvalue weighted by molar-refractivity contribution is 0.0392. The highest BCUT2D eigenvalue weighted by molar-refractivity contribution is 9.10. The van der Waals surface area contributed by atoms with Crippen LogP contribution in [0.25, 0.3) is 22.4 Å². The molecule has 2 aromatic carbocycles. The first-order valence-corrected chi connectivity index (χ1v) is 12.0. The van der Waals surface area contributed by atoms with Gasteiger partial charge >= 0.3 is 0 Å². The van der Waals surface area contributed by atoms with Crippen molar-refractivity contribution in [3.8, 4) is 11.4 Å². The van der Waals surface area contributed by atoms with Crippen LogP contribution in [0.15, 0.2) is 57.6 Å². The number of furan rings is 1. The largest absolute Gasteiger partial charge is 0.444 e. The fourth-order valence-electron chi connectivity index (χ4n) is 4.39. The quantitative estimate of drug-likeness (QED) is 0.397. The SMILES string of the molecule is CC1CN(C(=O)c2ccc(-c3nc4c(C(N)=O)cccc4[nH]3)cc2F)CCN1C(=O)c1ccc(Br)o1. The average Bonchev–Trinajstić information content (AvgIpc) is 3.49. The normalized spacial score (nSPS) is 15.9. The van der Waals surface area contributed by atoms with Crippen LogP contribution in [0.5, 0.6) is 0 Å². The molecule has 11 heteroatoms. The van der Waals surface area contributed by atoms with Crippen molar-refractivity contribution in [3.63, 3.8) is 0 Å². The van der Waals surface area contributed by atoms with E-state index in [0.29, 0.717) is 33.6 Å². The highest BCUT2D eigenvalue weighted by Gasteiger charge is 2.32. The van der Waals surface area contributed by atoms with Crippen molar-refractivity contribution in [1.82, 2.24) is 19.8 Å². The van der Waals surface area contributed by atoms with Crippen LogP contribution in [0.4, 0.5) is 4.39 Å². The molecule has 2 aromatic heterocycles. The van der Waals surface area contributed by atoms with Crippen LogP contribution in [0.3, 0.4) is 0 Å². The number of H-pyrrole nitrogens is 1. The van der Waals surface area contributed by atoms with Crippen LogP contribution < -0.4 is 5.73 Å². The minimum absolute atomic E-state index is 0.0744. The molecule has 1 atom stereocenters. The molecule has 3 amide bonds. The van der Waals surface area contributed by atoms with Crippen molar-refractivity contribution < 1.29 is 23.2 Å². The van der Waals surface area contributed by atoms with E-state index >= 15 is 4.39 Å². The molecule has 4 aromatic rings. The second-order valence-electron chi connectivity index (χ2n) is 8.55. The highest BCUT2D eigenvalue weighted by atomic mass is 79.9. The topological polar surface area (TPSA) is 126 Å². The lowest BCUT2D eigenvalue weighted by Gasteiger charge is -2.39. The van der Waals surface area contributed by atoms with Gasteiger partial charge in [0.25, 0.3) is 17.7 Å². The van der Waals surface area contributed by atoms with Crippen molar-refractivity contribution in [2.75, 3.05) is 19.6 Å². The number of fused-ring (bicyclic) bond motifs is 1. The molecule has 9 nitrogen and oxygen atoms in total. The number of nitrogens with one attached hydrogen (secondary N) is 1. The Morgan fingerprint density at radius 1 is 1.11 bits per heavy atom. The van der Waals surface area contributed by atoms with Crippen LogP contribution in [0.1, 0.15) is 38.2 Å². The van der Waals surface area contributed by atoms with E-state index in [-0.39, 0.29) is 41.9 Å². The molecular formula is C25H21BrFN5O4. The maximum atomic E-state index is 15.1. The van der Waals surface area contributed by atoms with Gasteiger partial charge in [-0.25, -0.2) is 9.37 Å². The van der Waals surface area contributed by atoms with Gasteiger partial charge in [-0.1, -0.05) is 12.1 Å². The molecule has 0 spiro atoms. The van der Waals surface area contributed by atoms with Gasteiger partial charge < -0.3 is 24.9 Å². The molecule has 1 fully saturated rings. The van der Waals surface area contributed by atoms with Gasteiger partial charge in [-0.05, 0) is 59.3 Å². The Bertz CT molecular complexity index is 1510. The lowest BCUT2D eigenvalue weighted by Crippen LogP contribution is -2.55. The monoisotopic (exact) mass is 553 g/mol. The number of hydrogen-bond acceptors (Lipinski definition) is 5. The summed E-state index contributed by atoms with van der Waals surface area (Å²) in [6, 6.07) is 12.2. The fraction of sp³-hybridized carbons (Fsp3) is 0.200. The standard InChI is InChI=1S/C25H21BrFN5O4/c1-13-12-31(9-10-32(13)25(35)19-7-8-20(26)36-19)24(34)15-6-5-14(11-17(15)27)23-29-18-4-2-3-16(22(28)33)21(18)30-23/h2-8,11,13H,9-10,12H2,1H3,(H2,28,33)(H,29,30). The summed E-state index contributed by atoms with van der Waals surface area (Å²) in [5.74, 6) is -1.47. The number of benzene rings is 2. The molecule has 1 aliphatic heterocycles. The summed E-state index contributed by atoms with van der Waals surface area (Å²) in [5.41, 5.74) is 7.00. The summed E-state index contributed by atoms with van der Waals surface area (Å²) < 4.78 is 20.9. The first kappa shape index (κ1) is 23.7. The lowest BCUT2D eigenvalue weighted by atomic mass is 10.1. The summed E-state index contributed by atoms with van der Waals surface area (Å²) in [4.78, 5) is 48.1. The van der Waals surface area contributed by atoms with Gasteiger partial charge in [-0.2, -0.15) is 0 Å². The molecule has 0 bridgehead atoms. The fourth-order valence-corrected chi connectivity index (χ4v) is 4.70. The Labute approximate surface area is 213 Å². The van der Waals surface area contributed by atoms with Crippen molar-refractivity contribution in [1.29, 1.82) is 0 Å². The third-order valence-electron chi connectivity index (χ3n) is 6.21. The number of nitrogens with two attached hydrogens (primary N) is 1. The van der Waals surface area contributed by atoms with Crippen LogP contribution in [-0.2, 0) is 0 Å². The van der Waals surface area contributed by atoms with Crippen molar-refractivity contribution in [2.24, 2.45) is 5.73 Å². The number of aromatic nitrogens is 2. The average molecular weight is 554 g/mol. The molecule has 3 N–H and O–H groups in total. The number of carbonyl (C=O) groups excluding carboxylic acids is 3. The van der Waals surface area contributed by atoms with Crippen LogP contribution in [0.2, 0.25) is 0 Å². The molecule has 1 aliphatic rings. The Kier molecular flexibility index (Phi) is 6.09. The van der Waals surface area contributed by atoms with Gasteiger partial charge in [0.05, 0.1) is 16.6 Å². The smallest absolute Gasteiger partial charge is 0.289 e. The molecule has 1 unspecified atom stereocenters. The number of imidazole rings is 1. The zero-order chi connectivity index (χ0) is 25.6. The molecule has 5 rings (SSSR count). The van der Waals surface area contributed by atoms with Crippen LogP contribution in [-0.4, -0.2) is 63.2 Å². The summed E-state index contributed by atoms with van der Waals surface area (Å²) in [6.45, 7) is 2.65. The number of piperazine rings is 1. The van der Waals surface area contributed by atoms with Crippen LogP contribution in [0, 0.1) is 5.82 Å². The number of nitrogens with zero attached hydrogens (tertiary/aromatic N) is 3. The number of para-hydroxylation sites is 1. The molecule has 1 saturated heterocycles. The summed E-state index contributed by atoms with van der Waals surface area (Å²) in [7, 11) is 0. The number of amides is 3. The van der Waals surface area contributed by atoms with Crippen molar-refractivity contribution in [3.05, 3.63) is 75.9 Å². The molecule has 0 saturated carbocycles. The van der Waals surface area contributed by atoms with E-state index in [1.54, 1.807) is 41.3 Å². The predicted octanol–water partition coefficient (Wildman–Crippen LogP) is 3.81. The third-order valence-corrected chi connectivity index (χ3v) is 6.64. The molecule has 0 radical (unpaired) electrons.